The maximum atomic E-state index is 13.4. The van der Waals surface area contributed by atoms with Crippen LogP contribution >= 0.6 is 0 Å². The summed E-state index contributed by atoms with van der Waals surface area (Å²) in [4.78, 5) is 31.4. The number of H-pyrrole nitrogens is 1. The van der Waals surface area contributed by atoms with Crippen LogP contribution in [0.3, 0.4) is 0 Å². The van der Waals surface area contributed by atoms with Crippen LogP contribution in [0.5, 0.6) is 0 Å². The first-order chi connectivity index (χ1) is 16.3. The normalized spacial score (nSPS) is 13.5. The van der Waals surface area contributed by atoms with E-state index >= 15 is 0 Å². The van der Waals surface area contributed by atoms with Crippen LogP contribution in [0, 0.1) is 11.3 Å². The van der Waals surface area contributed by atoms with Crippen molar-refractivity contribution in [3.8, 4) is 17.3 Å². The molecular weight excluding hydrogens is 428 g/mol. The van der Waals surface area contributed by atoms with Crippen LogP contribution in [0.1, 0.15) is 50.7 Å². The summed E-state index contributed by atoms with van der Waals surface area (Å²) in [5, 5.41) is 9.39. The van der Waals surface area contributed by atoms with Gasteiger partial charge in [-0.25, -0.2) is 24.6 Å². The second kappa shape index (κ2) is 8.27. The molecule has 3 heterocycles. The number of aromatic amines is 1. The minimum atomic E-state index is -0.718. The Balaban J connectivity index is 1.66. The number of imidazole rings is 1. The van der Waals surface area contributed by atoms with E-state index in [0.717, 1.165) is 40.7 Å². The second-order valence-electron chi connectivity index (χ2n) is 9.38. The summed E-state index contributed by atoms with van der Waals surface area (Å²) in [6, 6.07) is 15.2. The van der Waals surface area contributed by atoms with Crippen molar-refractivity contribution in [2.75, 3.05) is 4.90 Å². The minimum absolute atomic E-state index is 0.281. The van der Waals surface area contributed by atoms with Gasteiger partial charge in [-0.2, -0.15) is 5.26 Å². The summed E-state index contributed by atoms with van der Waals surface area (Å²) in [6.07, 6.45) is 4.74. The highest BCUT2D eigenvalue weighted by atomic mass is 16.6. The summed E-state index contributed by atoms with van der Waals surface area (Å²) in [7, 11) is 0. The van der Waals surface area contributed by atoms with Crippen molar-refractivity contribution >= 4 is 28.8 Å². The average molecular weight is 453 g/mol. The number of hydrogen-bond acceptors (Lipinski definition) is 6. The fraction of sp³-hybridized carbons (Fsp3) is 0.269. The number of carbonyl (C=O) groups is 1. The van der Waals surface area contributed by atoms with Crippen molar-refractivity contribution in [3.05, 3.63) is 66.1 Å². The Morgan fingerprint density at radius 1 is 1.12 bits per heavy atom. The Morgan fingerprint density at radius 2 is 1.94 bits per heavy atom. The molecule has 1 fully saturated rings. The first-order valence-electron chi connectivity index (χ1n) is 11.2. The molecule has 1 aliphatic carbocycles. The Hall–Kier alpha value is -4.25. The maximum Gasteiger partial charge on any atom is 0.421 e. The van der Waals surface area contributed by atoms with E-state index in [4.69, 9.17) is 9.72 Å². The fourth-order valence-corrected chi connectivity index (χ4v) is 3.77. The number of benzene rings is 1. The molecule has 1 aliphatic rings. The lowest BCUT2D eigenvalue weighted by Gasteiger charge is -2.27. The highest BCUT2D eigenvalue weighted by Crippen LogP contribution is 2.43. The number of pyridine rings is 2. The third-order valence-corrected chi connectivity index (χ3v) is 5.51. The number of nitrogens with zero attached hydrogens (tertiary/aromatic N) is 5. The van der Waals surface area contributed by atoms with E-state index in [1.54, 1.807) is 39.2 Å². The Morgan fingerprint density at radius 3 is 2.68 bits per heavy atom. The highest BCUT2D eigenvalue weighted by molar-refractivity contribution is 5.95. The zero-order valence-corrected chi connectivity index (χ0v) is 19.2. The number of aromatic nitrogens is 4. The van der Waals surface area contributed by atoms with Crippen molar-refractivity contribution in [1.82, 2.24) is 19.9 Å². The molecule has 0 spiro atoms. The summed E-state index contributed by atoms with van der Waals surface area (Å²) in [5.74, 6) is 1.11. The van der Waals surface area contributed by atoms with Crippen LogP contribution < -0.4 is 4.90 Å². The van der Waals surface area contributed by atoms with Crippen LogP contribution in [-0.2, 0) is 4.74 Å². The predicted octanol–water partition coefficient (Wildman–Crippen LogP) is 5.84. The number of rotatable bonds is 4. The maximum absolute atomic E-state index is 13.4. The molecule has 8 nitrogen and oxygen atoms in total. The highest BCUT2D eigenvalue weighted by Gasteiger charge is 2.30. The molecule has 0 radical (unpaired) electrons. The van der Waals surface area contributed by atoms with E-state index in [9.17, 15) is 10.1 Å². The lowest BCUT2D eigenvalue weighted by Crippen LogP contribution is -2.35. The van der Waals surface area contributed by atoms with E-state index in [1.807, 2.05) is 24.3 Å². The van der Waals surface area contributed by atoms with Crippen LogP contribution in [0.2, 0.25) is 0 Å². The van der Waals surface area contributed by atoms with Crippen LogP contribution in [0.4, 0.5) is 16.4 Å². The molecule has 4 aromatic rings. The SMILES string of the molecule is CC(C)(C)OC(=O)N(c1cc(C#N)ccn1)c1cc(C2CC2)cc(-c2ccc3nc[nH]c3c2)n1. The number of hydrogen-bond donors (Lipinski definition) is 1. The number of fused-ring (bicyclic) bond motifs is 1. The lowest BCUT2D eigenvalue weighted by molar-refractivity contribution is 0.0597. The van der Waals surface area contributed by atoms with E-state index < -0.39 is 11.7 Å². The van der Waals surface area contributed by atoms with Gasteiger partial charge in [0.25, 0.3) is 0 Å². The number of nitrogens with one attached hydrogen (secondary N) is 1. The number of anilines is 2. The molecule has 5 rings (SSSR count). The van der Waals surface area contributed by atoms with Crippen LogP contribution in [0.25, 0.3) is 22.3 Å². The molecular formula is C26H24N6O2. The molecule has 3 aromatic heterocycles. The van der Waals surface area contributed by atoms with Crippen molar-refractivity contribution in [3.63, 3.8) is 0 Å². The van der Waals surface area contributed by atoms with Gasteiger partial charge in [0.15, 0.2) is 0 Å². The van der Waals surface area contributed by atoms with Gasteiger partial charge in [0.2, 0.25) is 0 Å². The summed E-state index contributed by atoms with van der Waals surface area (Å²) < 4.78 is 5.70. The van der Waals surface area contributed by atoms with Gasteiger partial charge in [-0.3, -0.25) is 0 Å². The topological polar surface area (TPSA) is 108 Å². The van der Waals surface area contributed by atoms with Gasteiger partial charge in [-0.15, -0.1) is 0 Å². The number of amides is 1. The van der Waals surface area contributed by atoms with Crippen molar-refractivity contribution in [2.24, 2.45) is 0 Å². The Kier molecular flexibility index (Phi) is 5.25. The Bertz CT molecular complexity index is 1430. The largest absolute Gasteiger partial charge is 0.443 e. The second-order valence-corrected chi connectivity index (χ2v) is 9.38. The zero-order chi connectivity index (χ0) is 23.9. The number of ether oxygens (including phenoxy) is 1. The molecule has 0 unspecified atom stereocenters. The first kappa shape index (κ1) is 21.6. The molecule has 1 saturated carbocycles. The standard InChI is InChI=1S/C26H24N6O2/c1-26(2,3)34-25(33)32(23-10-16(14-27)8-9-28-23)24-13-19(17-4-5-17)12-21(31-24)18-6-7-20-22(11-18)30-15-29-20/h6-13,15,17H,4-5H2,1-3H3,(H,29,30). The number of carbonyl (C=O) groups excluding carboxylic acids is 1. The zero-order valence-electron chi connectivity index (χ0n) is 19.2. The van der Waals surface area contributed by atoms with Gasteiger partial charge in [0, 0.05) is 11.8 Å². The van der Waals surface area contributed by atoms with Crippen LogP contribution in [0.15, 0.2) is 55.0 Å². The lowest BCUT2D eigenvalue weighted by atomic mass is 10.1. The predicted molar refractivity (Wildman–Crippen MR) is 129 cm³/mol. The summed E-state index contributed by atoms with van der Waals surface area (Å²) in [6.45, 7) is 5.42. The molecule has 0 aliphatic heterocycles. The molecule has 1 amide bonds. The molecule has 170 valence electrons. The smallest absolute Gasteiger partial charge is 0.421 e. The van der Waals surface area contributed by atoms with Gasteiger partial charge in [0.05, 0.1) is 34.7 Å². The van der Waals surface area contributed by atoms with E-state index in [0.29, 0.717) is 17.3 Å². The van der Waals surface area contributed by atoms with Crippen molar-refractivity contribution in [1.29, 1.82) is 5.26 Å². The third kappa shape index (κ3) is 4.46. The van der Waals surface area contributed by atoms with E-state index in [1.165, 1.54) is 11.1 Å². The molecule has 0 saturated heterocycles. The quantitative estimate of drug-likeness (QED) is 0.417. The van der Waals surface area contributed by atoms with Gasteiger partial charge in [-0.1, -0.05) is 6.07 Å². The minimum Gasteiger partial charge on any atom is -0.443 e. The van der Waals surface area contributed by atoms with Gasteiger partial charge in [0.1, 0.15) is 17.2 Å². The summed E-state index contributed by atoms with van der Waals surface area (Å²) in [5.41, 5.74) is 4.20. The van der Waals surface area contributed by atoms with Gasteiger partial charge < -0.3 is 9.72 Å². The fourth-order valence-electron chi connectivity index (χ4n) is 3.77. The van der Waals surface area contributed by atoms with Crippen molar-refractivity contribution in [2.45, 2.75) is 45.1 Å². The molecule has 1 N–H and O–H groups in total. The molecule has 8 heteroatoms. The van der Waals surface area contributed by atoms with Crippen molar-refractivity contribution < 1.29 is 9.53 Å². The monoisotopic (exact) mass is 452 g/mol. The number of nitriles is 1. The molecule has 1 aromatic carbocycles. The molecule has 0 atom stereocenters. The van der Waals surface area contributed by atoms with E-state index in [2.05, 4.69) is 27.1 Å². The Labute approximate surface area is 197 Å². The van der Waals surface area contributed by atoms with E-state index in [-0.39, 0.29) is 5.82 Å². The first-order valence-corrected chi connectivity index (χ1v) is 11.2. The summed E-state index contributed by atoms with van der Waals surface area (Å²) >= 11 is 0. The van der Waals surface area contributed by atoms with Gasteiger partial charge in [-0.05, 0) is 81.5 Å². The van der Waals surface area contributed by atoms with Gasteiger partial charge >= 0.3 is 6.09 Å². The molecule has 34 heavy (non-hydrogen) atoms. The third-order valence-electron chi connectivity index (χ3n) is 5.51. The molecule has 0 bridgehead atoms. The average Bonchev–Trinajstić information content (AvgIpc) is 3.55. The van der Waals surface area contributed by atoms with Crippen LogP contribution in [-0.4, -0.2) is 31.6 Å².